The van der Waals surface area contributed by atoms with Crippen molar-refractivity contribution in [1.29, 1.82) is 10.5 Å². The SMILES string of the molecule is N#CCC(=O)N/N=C/c1ccc(OCc2ccccc2C#N)c(Br)c1. The molecule has 6 nitrogen and oxygen atoms in total. The van der Waals surface area contributed by atoms with Crippen LogP contribution in [0.3, 0.4) is 0 Å². The number of hydrogen-bond donors (Lipinski definition) is 1. The number of nitrogens with one attached hydrogen (secondary N) is 1. The molecule has 0 aromatic heterocycles. The molecule has 0 heterocycles. The number of amides is 1. The Hall–Kier alpha value is -3.16. The van der Waals surface area contributed by atoms with Gasteiger partial charge in [0.05, 0.1) is 28.4 Å². The molecule has 0 radical (unpaired) electrons. The van der Waals surface area contributed by atoms with Crippen molar-refractivity contribution in [1.82, 2.24) is 5.43 Å². The van der Waals surface area contributed by atoms with Crippen molar-refractivity contribution < 1.29 is 9.53 Å². The smallest absolute Gasteiger partial charge is 0.254 e. The van der Waals surface area contributed by atoms with Crippen LogP contribution in [0.5, 0.6) is 5.75 Å². The quantitative estimate of drug-likeness (QED) is 0.598. The summed E-state index contributed by atoms with van der Waals surface area (Å²) in [6.07, 6.45) is 1.23. The van der Waals surface area contributed by atoms with E-state index in [2.05, 4.69) is 32.5 Å². The third-order valence-electron chi connectivity index (χ3n) is 3.12. The van der Waals surface area contributed by atoms with E-state index in [1.807, 2.05) is 18.2 Å². The molecule has 0 aliphatic heterocycles. The van der Waals surface area contributed by atoms with Gasteiger partial charge < -0.3 is 4.74 Å². The summed E-state index contributed by atoms with van der Waals surface area (Å²) in [7, 11) is 0. The van der Waals surface area contributed by atoms with E-state index in [1.54, 1.807) is 30.3 Å². The number of nitriles is 2. The zero-order valence-electron chi connectivity index (χ0n) is 13.1. The number of halogens is 1. The maximum absolute atomic E-state index is 11.1. The minimum atomic E-state index is -0.464. The second kappa shape index (κ2) is 9.21. The van der Waals surface area contributed by atoms with Crippen LogP contribution in [0.4, 0.5) is 0 Å². The molecular formula is C18H13BrN4O2. The molecule has 0 saturated carbocycles. The molecule has 0 atom stereocenters. The first-order valence-corrected chi connectivity index (χ1v) is 8.02. The van der Waals surface area contributed by atoms with E-state index in [4.69, 9.17) is 15.3 Å². The summed E-state index contributed by atoms with van der Waals surface area (Å²) >= 11 is 3.42. The van der Waals surface area contributed by atoms with E-state index in [9.17, 15) is 4.79 Å². The Kier molecular flexibility index (Phi) is 6.70. The van der Waals surface area contributed by atoms with Gasteiger partial charge in [0.15, 0.2) is 0 Å². The molecule has 0 unspecified atom stereocenters. The Balaban J connectivity index is 2.00. The fourth-order valence-corrected chi connectivity index (χ4v) is 2.43. The topological polar surface area (TPSA) is 98.3 Å². The van der Waals surface area contributed by atoms with Crippen LogP contribution in [0.15, 0.2) is 52.0 Å². The lowest BCUT2D eigenvalue weighted by atomic mass is 10.1. The Morgan fingerprint density at radius 1 is 1.28 bits per heavy atom. The molecule has 2 rings (SSSR count). The summed E-state index contributed by atoms with van der Waals surface area (Å²) in [5.41, 5.74) is 4.39. The van der Waals surface area contributed by atoms with E-state index < -0.39 is 5.91 Å². The van der Waals surface area contributed by atoms with Gasteiger partial charge in [0.25, 0.3) is 5.91 Å². The number of hydrazone groups is 1. The van der Waals surface area contributed by atoms with Crippen LogP contribution >= 0.6 is 15.9 Å². The van der Waals surface area contributed by atoms with E-state index >= 15 is 0 Å². The summed E-state index contributed by atoms with van der Waals surface area (Å²) in [6, 6.07) is 16.4. The van der Waals surface area contributed by atoms with Crippen LogP contribution in [0.25, 0.3) is 0 Å². The molecule has 124 valence electrons. The zero-order valence-corrected chi connectivity index (χ0v) is 14.7. The first-order valence-electron chi connectivity index (χ1n) is 7.23. The monoisotopic (exact) mass is 396 g/mol. The van der Waals surface area contributed by atoms with Crippen LogP contribution in [0.1, 0.15) is 23.1 Å². The Morgan fingerprint density at radius 2 is 2.08 bits per heavy atom. The molecule has 1 amide bonds. The summed E-state index contributed by atoms with van der Waals surface area (Å²) in [6.45, 7) is 0.278. The van der Waals surface area contributed by atoms with Gasteiger partial charge in [-0.3, -0.25) is 4.79 Å². The van der Waals surface area contributed by atoms with Crippen molar-refractivity contribution in [3.63, 3.8) is 0 Å². The van der Waals surface area contributed by atoms with Crippen LogP contribution in [-0.2, 0) is 11.4 Å². The third-order valence-corrected chi connectivity index (χ3v) is 3.74. The highest BCUT2D eigenvalue weighted by atomic mass is 79.9. The standard InChI is InChI=1S/C18H13BrN4O2/c19-16-9-13(11-22-23-18(24)7-8-20)5-6-17(16)25-12-15-4-2-1-3-14(15)10-21/h1-6,9,11H,7,12H2,(H,23,24)/b22-11+. The highest BCUT2D eigenvalue weighted by Crippen LogP contribution is 2.26. The first-order chi connectivity index (χ1) is 12.1. The average molecular weight is 397 g/mol. The van der Waals surface area contributed by atoms with Crippen molar-refractivity contribution >= 4 is 28.1 Å². The molecule has 0 aliphatic rings. The lowest BCUT2D eigenvalue weighted by Crippen LogP contribution is -2.16. The lowest BCUT2D eigenvalue weighted by Gasteiger charge is -2.09. The average Bonchev–Trinajstić information content (AvgIpc) is 2.61. The predicted molar refractivity (Wildman–Crippen MR) is 95.6 cm³/mol. The molecule has 1 N–H and O–H groups in total. The normalized spacial score (nSPS) is 10.0. The van der Waals surface area contributed by atoms with Gasteiger partial charge in [-0.2, -0.15) is 15.6 Å². The molecule has 0 aliphatic carbocycles. The maximum Gasteiger partial charge on any atom is 0.254 e. The molecule has 25 heavy (non-hydrogen) atoms. The number of benzene rings is 2. The first kappa shape index (κ1) is 18.2. The molecule has 0 bridgehead atoms. The van der Waals surface area contributed by atoms with E-state index in [-0.39, 0.29) is 13.0 Å². The minimum absolute atomic E-state index is 0.238. The van der Waals surface area contributed by atoms with Gasteiger partial charge in [0, 0.05) is 5.56 Å². The van der Waals surface area contributed by atoms with Crippen LogP contribution in [-0.4, -0.2) is 12.1 Å². The summed E-state index contributed by atoms with van der Waals surface area (Å²) in [5, 5.41) is 21.2. The fourth-order valence-electron chi connectivity index (χ4n) is 1.92. The number of hydrogen-bond acceptors (Lipinski definition) is 5. The van der Waals surface area contributed by atoms with E-state index in [0.29, 0.717) is 15.8 Å². The van der Waals surface area contributed by atoms with Gasteiger partial charge in [-0.1, -0.05) is 18.2 Å². The largest absolute Gasteiger partial charge is 0.488 e. The van der Waals surface area contributed by atoms with Crippen molar-refractivity contribution in [3.8, 4) is 17.9 Å². The summed E-state index contributed by atoms with van der Waals surface area (Å²) in [5.74, 6) is 0.160. The maximum atomic E-state index is 11.1. The van der Waals surface area contributed by atoms with Gasteiger partial charge >= 0.3 is 0 Å². The molecule has 2 aromatic rings. The lowest BCUT2D eigenvalue weighted by molar-refractivity contribution is -0.120. The number of nitrogens with zero attached hydrogens (tertiary/aromatic N) is 3. The van der Waals surface area contributed by atoms with Gasteiger partial charge in [0.1, 0.15) is 18.8 Å². The molecule has 7 heteroatoms. The number of ether oxygens (including phenoxy) is 1. The number of carbonyl (C=O) groups is 1. The Morgan fingerprint density at radius 3 is 2.80 bits per heavy atom. The number of carbonyl (C=O) groups excluding carboxylic acids is 1. The van der Waals surface area contributed by atoms with Gasteiger partial charge in [0.2, 0.25) is 0 Å². The second-order valence-electron chi connectivity index (χ2n) is 4.88. The van der Waals surface area contributed by atoms with E-state index in [0.717, 1.165) is 11.1 Å². The van der Waals surface area contributed by atoms with Crippen molar-refractivity contribution in [2.24, 2.45) is 5.10 Å². The third kappa shape index (κ3) is 5.45. The molecule has 0 saturated heterocycles. The summed E-state index contributed by atoms with van der Waals surface area (Å²) in [4.78, 5) is 11.1. The highest BCUT2D eigenvalue weighted by molar-refractivity contribution is 9.10. The molecular weight excluding hydrogens is 384 g/mol. The van der Waals surface area contributed by atoms with Crippen LogP contribution in [0, 0.1) is 22.7 Å². The van der Waals surface area contributed by atoms with Crippen LogP contribution < -0.4 is 10.2 Å². The van der Waals surface area contributed by atoms with Gasteiger partial charge in [-0.25, -0.2) is 5.43 Å². The van der Waals surface area contributed by atoms with Crippen molar-refractivity contribution in [2.45, 2.75) is 13.0 Å². The zero-order chi connectivity index (χ0) is 18.1. The summed E-state index contributed by atoms with van der Waals surface area (Å²) < 4.78 is 6.46. The van der Waals surface area contributed by atoms with Crippen molar-refractivity contribution in [3.05, 3.63) is 63.6 Å². The molecule has 0 fully saturated rings. The number of rotatable bonds is 6. The predicted octanol–water partition coefficient (Wildman–Crippen LogP) is 3.26. The Labute approximate surface area is 153 Å². The van der Waals surface area contributed by atoms with Gasteiger partial charge in [-0.05, 0) is 45.8 Å². The van der Waals surface area contributed by atoms with Crippen LogP contribution in [0.2, 0.25) is 0 Å². The molecule has 0 spiro atoms. The highest BCUT2D eigenvalue weighted by Gasteiger charge is 2.05. The van der Waals surface area contributed by atoms with Crippen molar-refractivity contribution in [2.75, 3.05) is 0 Å². The second-order valence-corrected chi connectivity index (χ2v) is 5.73. The molecule has 2 aromatic carbocycles. The fraction of sp³-hybridized carbons (Fsp3) is 0.111. The minimum Gasteiger partial charge on any atom is -0.488 e. The Bertz CT molecular complexity index is 881. The van der Waals surface area contributed by atoms with E-state index in [1.165, 1.54) is 6.21 Å². The van der Waals surface area contributed by atoms with Gasteiger partial charge in [-0.15, -0.1) is 0 Å².